The van der Waals surface area contributed by atoms with Gasteiger partial charge in [0, 0.05) is 28.9 Å². The number of rotatable bonds is 19. The maximum Gasteiger partial charge on any atom is 0.0464 e. The molecule has 0 fully saturated rings. The highest BCUT2D eigenvalue weighted by atomic mass is 15.2. The fourth-order valence-electron chi connectivity index (χ4n) is 8.32. The average molecular weight is 812 g/mol. The lowest BCUT2D eigenvalue weighted by Crippen LogP contribution is -2.22. The van der Waals surface area contributed by atoms with Gasteiger partial charge in [-0.2, -0.15) is 0 Å². The summed E-state index contributed by atoms with van der Waals surface area (Å²) in [5, 5.41) is 2.50. The second-order valence-corrected chi connectivity index (χ2v) is 16.1. The van der Waals surface area contributed by atoms with E-state index in [1.807, 2.05) is 12.2 Å². The molecule has 0 saturated heterocycles. The van der Waals surface area contributed by atoms with Crippen LogP contribution in [-0.2, 0) is 0 Å². The molecule has 3 aromatic carbocycles. The number of allylic oxidation sites excluding steroid dienone is 27. The lowest BCUT2D eigenvalue weighted by Gasteiger charge is -2.31. The summed E-state index contributed by atoms with van der Waals surface area (Å²) in [6, 6.07) is 24.4. The fraction of sp³-hybridized carbons (Fsp3) is 0.213. The van der Waals surface area contributed by atoms with Gasteiger partial charge in [-0.15, -0.1) is 6.58 Å². The summed E-state index contributed by atoms with van der Waals surface area (Å²) in [5.41, 5.74) is 13.4. The second-order valence-electron chi connectivity index (χ2n) is 16.1. The van der Waals surface area contributed by atoms with Crippen LogP contribution in [0.4, 0.5) is 5.69 Å². The van der Waals surface area contributed by atoms with Crippen LogP contribution < -0.4 is 4.90 Å². The number of anilines is 1. The van der Waals surface area contributed by atoms with Crippen LogP contribution in [0.15, 0.2) is 259 Å². The minimum absolute atomic E-state index is 0.308. The maximum atomic E-state index is 4.64. The van der Waals surface area contributed by atoms with E-state index in [0.717, 1.165) is 74.0 Å². The van der Waals surface area contributed by atoms with Gasteiger partial charge in [-0.1, -0.05) is 178 Å². The number of nitrogens with zero attached hydrogens (tertiary/aromatic N) is 1. The molecular formula is C61H65N. The Hall–Kier alpha value is -6.44. The van der Waals surface area contributed by atoms with Gasteiger partial charge in [0.15, 0.2) is 0 Å². The molecule has 2 unspecified atom stereocenters. The number of hydrogen-bond acceptors (Lipinski definition) is 1. The molecule has 0 N–H and O–H groups in total. The summed E-state index contributed by atoms with van der Waals surface area (Å²) in [6.45, 7) is 19.0. The van der Waals surface area contributed by atoms with E-state index < -0.39 is 0 Å². The normalized spacial score (nSPS) is 18.7. The highest BCUT2D eigenvalue weighted by molar-refractivity contribution is 5.87. The molecule has 0 saturated carbocycles. The van der Waals surface area contributed by atoms with Crippen molar-refractivity contribution < 1.29 is 0 Å². The minimum atomic E-state index is 0.308. The van der Waals surface area contributed by atoms with Crippen molar-refractivity contribution in [3.63, 3.8) is 0 Å². The summed E-state index contributed by atoms with van der Waals surface area (Å²) >= 11 is 0. The van der Waals surface area contributed by atoms with Crippen molar-refractivity contribution in [2.45, 2.75) is 72.1 Å². The Labute approximate surface area is 373 Å². The molecule has 62 heavy (non-hydrogen) atoms. The molecule has 0 bridgehead atoms. The van der Waals surface area contributed by atoms with Gasteiger partial charge in [-0.3, -0.25) is 0 Å². The van der Waals surface area contributed by atoms with E-state index in [4.69, 9.17) is 0 Å². The summed E-state index contributed by atoms with van der Waals surface area (Å²) in [5.74, 6) is 0.651. The summed E-state index contributed by atoms with van der Waals surface area (Å²) < 4.78 is 0. The molecule has 0 radical (unpaired) electrons. The standard InChI is InChI=1S/C61H65N/c1-7-12-13-15-26-52(22-9-3)55-32-30-49(31-33-55)23-20-29-61(44-47(6)51-24-16-14-17-25-51)62(59-40-36-54(37-41-59)50(11-5)45-48(10-4)21-8-2)60-42-38-56(39-43-60)58-35-34-53-27-18-19-28-57(53)46-58/h7-9,11,14-16,18-22,24,26-32,34-36,38-46,54-55H,1,3,6,10,12-13,17,23,25,33,37H2,2,4-5H3/b21-8-,26-15+,29-20-,48-45+,50-11+,52-22+,61-44+. The summed E-state index contributed by atoms with van der Waals surface area (Å²) in [4.78, 5) is 2.42. The Kier molecular flexibility index (Phi) is 17.1. The molecule has 3 aromatic rings. The molecule has 1 heteroatoms. The first-order chi connectivity index (χ1) is 30.4. The second kappa shape index (κ2) is 23.5. The first-order valence-corrected chi connectivity index (χ1v) is 22.6. The Morgan fingerprint density at radius 3 is 2.24 bits per heavy atom. The molecule has 0 aromatic heterocycles. The van der Waals surface area contributed by atoms with Gasteiger partial charge in [0.05, 0.1) is 0 Å². The highest BCUT2D eigenvalue weighted by Crippen LogP contribution is 2.36. The van der Waals surface area contributed by atoms with Crippen LogP contribution in [0.2, 0.25) is 0 Å². The van der Waals surface area contributed by atoms with E-state index in [1.165, 1.54) is 49.8 Å². The predicted octanol–water partition coefficient (Wildman–Crippen LogP) is 17.4. The molecule has 2 atom stereocenters. The molecule has 6 rings (SSSR count). The quantitative estimate of drug-likeness (QED) is 0.0662. The molecule has 314 valence electrons. The number of fused-ring (bicyclic) bond motifs is 1. The number of unbranched alkanes of at least 4 members (excludes halogenated alkanes) is 1. The monoisotopic (exact) mass is 812 g/mol. The molecule has 3 aliphatic carbocycles. The van der Waals surface area contributed by atoms with E-state index in [9.17, 15) is 0 Å². The summed E-state index contributed by atoms with van der Waals surface area (Å²) in [7, 11) is 0. The van der Waals surface area contributed by atoms with Crippen molar-refractivity contribution in [1.29, 1.82) is 0 Å². The Bertz CT molecular complexity index is 2480. The Morgan fingerprint density at radius 2 is 1.56 bits per heavy atom. The van der Waals surface area contributed by atoms with Gasteiger partial charge in [0.2, 0.25) is 0 Å². The van der Waals surface area contributed by atoms with Gasteiger partial charge in [-0.05, 0) is 157 Å². The van der Waals surface area contributed by atoms with Gasteiger partial charge in [-0.25, -0.2) is 0 Å². The first kappa shape index (κ1) is 45.1. The molecular weight excluding hydrogens is 747 g/mol. The third-order valence-electron chi connectivity index (χ3n) is 11.9. The van der Waals surface area contributed by atoms with Crippen LogP contribution in [0.1, 0.15) is 72.1 Å². The zero-order chi connectivity index (χ0) is 43.5. The zero-order valence-corrected chi connectivity index (χ0v) is 37.4. The van der Waals surface area contributed by atoms with Crippen LogP contribution in [0, 0.1) is 11.8 Å². The summed E-state index contributed by atoms with van der Waals surface area (Å²) in [6.07, 6.45) is 55.0. The van der Waals surface area contributed by atoms with Crippen molar-refractivity contribution in [3.05, 3.63) is 259 Å². The smallest absolute Gasteiger partial charge is 0.0464 e. The first-order valence-electron chi connectivity index (χ1n) is 22.6. The Morgan fingerprint density at radius 1 is 0.790 bits per heavy atom. The van der Waals surface area contributed by atoms with E-state index in [-0.39, 0.29) is 0 Å². The van der Waals surface area contributed by atoms with Crippen molar-refractivity contribution in [3.8, 4) is 11.1 Å². The molecule has 0 spiro atoms. The molecule has 1 nitrogen and oxygen atoms in total. The molecule has 3 aliphatic rings. The lowest BCUT2D eigenvalue weighted by molar-refractivity contribution is 0.771. The van der Waals surface area contributed by atoms with E-state index in [0.29, 0.717) is 11.8 Å². The van der Waals surface area contributed by atoms with E-state index >= 15 is 0 Å². The largest absolute Gasteiger partial charge is 0.311 e. The van der Waals surface area contributed by atoms with Crippen LogP contribution >= 0.6 is 0 Å². The third kappa shape index (κ3) is 12.3. The van der Waals surface area contributed by atoms with Gasteiger partial charge < -0.3 is 4.90 Å². The van der Waals surface area contributed by atoms with E-state index in [1.54, 1.807) is 0 Å². The van der Waals surface area contributed by atoms with Crippen molar-refractivity contribution in [1.82, 2.24) is 0 Å². The van der Waals surface area contributed by atoms with Crippen molar-refractivity contribution >= 4 is 16.5 Å². The Balaban J connectivity index is 1.34. The van der Waals surface area contributed by atoms with Crippen LogP contribution in [0.3, 0.4) is 0 Å². The molecule has 0 heterocycles. The highest BCUT2D eigenvalue weighted by Gasteiger charge is 2.21. The fourth-order valence-corrected chi connectivity index (χ4v) is 8.32. The van der Waals surface area contributed by atoms with Crippen LogP contribution in [0.25, 0.3) is 21.9 Å². The van der Waals surface area contributed by atoms with Gasteiger partial charge >= 0.3 is 0 Å². The third-order valence-corrected chi connectivity index (χ3v) is 11.9. The van der Waals surface area contributed by atoms with E-state index in [2.05, 4.69) is 228 Å². The van der Waals surface area contributed by atoms with Gasteiger partial charge in [0.25, 0.3) is 0 Å². The molecule has 0 amide bonds. The van der Waals surface area contributed by atoms with Crippen LogP contribution in [-0.4, -0.2) is 0 Å². The van der Waals surface area contributed by atoms with Crippen molar-refractivity contribution in [2.24, 2.45) is 11.8 Å². The average Bonchev–Trinajstić information content (AvgIpc) is 3.32. The topological polar surface area (TPSA) is 3.24 Å². The number of hydrogen-bond donors (Lipinski definition) is 0. The predicted molar refractivity (Wildman–Crippen MR) is 274 cm³/mol. The van der Waals surface area contributed by atoms with Crippen molar-refractivity contribution in [2.75, 3.05) is 4.90 Å². The minimum Gasteiger partial charge on any atom is -0.311 e. The van der Waals surface area contributed by atoms with Crippen LogP contribution in [0.5, 0.6) is 0 Å². The maximum absolute atomic E-state index is 4.64. The lowest BCUT2D eigenvalue weighted by atomic mass is 9.88. The molecule has 0 aliphatic heterocycles. The number of benzene rings is 3. The van der Waals surface area contributed by atoms with Gasteiger partial charge in [0.1, 0.15) is 0 Å². The SMILES string of the molecule is C=C/C=C(\C=C\CCC=C)C1C=CC(C/C=C\C(=C/C(=C)C2=CC=CCC2)N(C2=CCC(C(=C/C)/C=C(/C=C\C)CC)C=C2)c2ccc(-c3ccc4ccccc4c3)cc2)=CC1. The zero-order valence-electron chi connectivity index (χ0n) is 37.4.